The second-order valence-electron chi connectivity index (χ2n) is 10.2. The Labute approximate surface area is 180 Å². The van der Waals surface area contributed by atoms with E-state index in [0.717, 1.165) is 12.0 Å². The highest BCUT2D eigenvalue weighted by Gasteiger charge is 2.68. The molecule has 0 spiro atoms. The van der Waals surface area contributed by atoms with E-state index in [1.165, 1.54) is 20.1 Å². The second kappa shape index (κ2) is 8.45. The molecular formula is C24H38O6. The second-order valence-corrected chi connectivity index (χ2v) is 10.2. The van der Waals surface area contributed by atoms with Crippen molar-refractivity contribution in [3.63, 3.8) is 0 Å². The molecule has 1 N–H and O–H groups in total. The summed E-state index contributed by atoms with van der Waals surface area (Å²) in [7, 11) is 1.36. The Morgan fingerprint density at radius 3 is 2.23 bits per heavy atom. The van der Waals surface area contributed by atoms with Crippen molar-refractivity contribution in [2.24, 2.45) is 28.6 Å². The van der Waals surface area contributed by atoms with Gasteiger partial charge in [0.25, 0.3) is 0 Å². The average molecular weight is 423 g/mol. The number of aliphatic hydroxyl groups is 1. The zero-order valence-electron chi connectivity index (χ0n) is 19.7. The van der Waals surface area contributed by atoms with E-state index in [2.05, 4.69) is 13.8 Å². The number of rotatable bonds is 6. The molecule has 0 unspecified atom stereocenters. The zero-order valence-corrected chi connectivity index (χ0v) is 19.7. The zero-order chi connectivity index (χ0) is 23.1. The molecule has 0 saturated heterocycles. The summed E-state index contributed by atoms with van der Waals surface area (Å²) in [5.41, 5.74) is -1.11. The minimum Gasteiger partial charge on any atom is -0.466 e. The van der Waals surface area contributed by atoms with Gasteiger partial charge in [-0.3, -0.25) is 9.59 Å². The molecule has 0 heterocycles. The van der Waals surface area contributed by atoms with Gasteiger partial charge in [0.2, 0.25) is 0 Å². The highest BCUT2D eigenvalue weighted by atomic mass is 16.5. The summed E-state index contributed by atoms with van der Waals surface area (Å²) in [5.74, 6) is -1.03. The molecule has 7 atom stereocenters. The van der Waals surface area contributed by atoms with Crippen LogP contribution in [-0.2, 0) is 23.9 Å². The maximum atomic E-state index is 12.4. The van der Waals surface area contributed by atoms with Crippen LogP contribution >= 0.6 is 0 Å². The van der Waals surface area contributed by atoms with Crippen LogP contribution in [0.3, 0.4) is 0 Å². The quantitative estimate of drug-likeness (QED) is 0.517. The summed E-state index contributed by atoms with van der Waals surface area (Å²) < 4.78 is 10.5. The number of ether oxygens (including phenoxy) is 2. The Morgan fingerprint density at radius 2 is 1.73 bits per heavy atom. The molecule has 6 heteroatoms. The van der Waals surface area contributed by atoms with E-state index >= 15 is 0 Å². The first-order valence-electron chi connectivity index (χ1n) is 10.9. The molecule has 30 heavy (non-hydrogen) atoms. The Balaban J connectivity index is 2.47. The van der Waals surface area contributed by atoms with Gasteiger partial charge in [-0.15, -0.1) is 0 Å². The molecule has 2 rings (SSSR count). The van der Waals surface area contributed by atoms with Crippen molar-refractivity contribution in [1.82, 2.24) is 0 Å². The van der Waals surface area contributed by atoms with Gasteiger partial charge in [0.1, 0.15) is 11.9 Å². The van der Waals surface area contributed by atoms with Crippen LogP contribution in [0, 0.1) is 28.6 Å². The molecule has 170 valence electrons. The van der Waals surface area contributed by atoms with Crippen LogP contribution in [0.4, 0.5) is 0 Å². The predicted octanol–water partition coefficient (Wildman–Crippen LogP) is 3.85. The molecule has 2 aliphatic carbocycles. The molecule has 0 aromatic carbocycles. The van der Waals surface area contributed by atoms with Crippen molar-refractivity contribution in [1.29, 1.82) is 0 Å². The number of ketones is 1. The SMILES string of the molecule is COC(=O)/C=C(\C)CC[C@@]1(C)[C@H](C)[C@H](OC(C)=O)C[C@]2(C)[C@@H]1C[C@H](C(C)=O)[C@]2(C)O. The van der Waals surface area contributed by atoms with Gasteiger partial charge in [-0.25, -0.2) is 4.79 Å². The van der Waals surface area contributed by atoms with E-state index < -0.39 is 16.9 Å². The molecule has 0 aromatic heterocycles. The monoisotopic (exact) mass is 422 g/mol. The maximum Gasteiger partial charge on any atom is 0.330 e. The van der Waals surface area contributed by atoms with Gasteiger partial charge in [-0.05, 0) is 63.7 Å². The number of esters is 2. The third-order valence-electron chi connectivity index (χ3n) is 8.53. The molecule has 6 nitrogen and oxygen atoms in total. The third kappa shape index (κ3) is 4.08. The Morgan fingerprint density at radius 1 is 1.13 bits per heavy atom. The van der Waals surface area contributed by atoms with Gasteiger partial charge in [0.05, 0.1) is 12.7 Å². The van der Waals surface area contributed by atoms with Crippen LogP contribution in [0.2, 0.25) is 0 Å². The van der Waals surface area contributed by atoms with Crippen molar-refractivity contribution >= 4 is 17.7 Å². The Hall–Kier alpha value is -1.69. The normalized spacial score (nSPS) is 41.2. The molecule has 2 saturated carbocycles. The van der Waals surface area contributed by atoms with E-state index in [4.69, 9.17) is 9.47 Å². The average Bonchev–Trinajstić information content (AvgIpc) is 2.84. The lowest BCUT2D eigenvalue weighted by Gasteiger charge is -2.58. The van der Waals surface area contributed by atoms with E-state index in [9.17, 15) is 19.5 Å². The molecular weight excluding hydrogens is 384 g/mol. The van der Waals surface area contributed by atoms with Crippen molar-refractivity contribution in [3.05, 3.63) is 11.6 Å². The lowest BCUT2D eigenvalue weighted by molar-refractivity contribution is -0.192. The summed E-state index contributed by atoms with van der Waals surface area (Å²) in [4.78, 5) is 35.8. The van der Waals surface area contributed by atoms with Crippen LogP contribution in [0.5, 0.6) is 0 Å². The van der Waals surface area contributed by atoms with E-state index in [0.29, 0.717) is 19.3 Å². The summed E-state index contributed by atoms with van der Waals surface area (Å²) in [6, 6.07) is 0. The Kier molecular flexibility index (Phi) is 6.92. The topological polar surface area (TPSA) is 89.9 Å². The number of fused-ring (bicyclic) bond motifs is 1. The van der Waals surface area contributed by atoms with E-state index in [1.807, 2.05) is 13.8 Å². The predicted molar refractivity (Wildman–Crippen MR) is 113 cm³/mol. The minimum atomic E-state index is -1.18. The number of allylic oxidation sites excluding steroid dienone is 1. The number of hydrogen-bond donors (Lipinski definition) is 1. The smallest absolute Gasteiger partial charge is 0.330 e. The Bertz CT molecular complexity index is 738. The summed E-state index contributed by atoms with van der Waals surface area (Å²) in [5, 5.41) is 11.5. The van der Waals surface area contributed by atoms with Crippen LogP contribution in [0.1, 0.15) is 74.1 Å². The van der Waals surface area contributed by atoms with Crippen molar-refractivity contribution in [3.8, 4) is 0 Å². The van der Waals surface area contributed by atoms with E-state index in [-0.39, 0.29) is 41.1 Å². The third-order valence-corrected chi connectivity index (χ3v) is 8.53. The first kappa shape index (κ1) is 24.6. The molecule has 0 radical (unpaired) electrons. The molecule has 2 aliphatic rings. The number of carbonyl (C=O) groups excluding carboxylic acids is 3. The number of methoxy groups -OCH3 is 1. The van der Waals surface area contributed by atoms with Gasteiger partial charge in [0, 0.05) is 24.3 Å². The summed E-state index contributed by atoms with van der Waals surface area (Å²) in [6.45, 7) is 12.9. The standard InChI is InChI=1S/C24H38O6/c1-14(11-21(27)29-8)9-10-22(5)15(2)19(30-17(4)26)13-23(6)20(22)12-18(16(3)25)24(23,7)28/h11,15,18-20,28H,9-10,12-13H2,1-8H3/b14-11+/t15-,18-,19-,20-,22+,23-,24+/m1/s1. The maximum absolute atomic E-state index is 12.4. The summed E-state index contributed by atoms with van der Waals surface area (Å²) >= 11 is 0. The van der Waals surface area contributed by atoms with Crippen molar-refractivity contribution < 1.29 is 29.0 Å². The lowest BCUT2D eigenvalue weighted by atomic mass is 9.49. The largest absolute Gasteiger partial charge is 0.466 e. The van der Waals surface area contributed by atoms with Crippen LogP contribution < -0.4 is 0 Å². The van der Waals surface area contributed by atoms with Gasteiger partial charge in [-0.2, -0.15) is 0 Å². The van der Waals surface area contributed by atoms with Crippen LogP contribution in [0.15, 0.2) is 11.6 Å². The van der Waals surface area contributed by atoms with Crippen LogP contribution in [-0.4, -0.2) is 41.6 Å². The van der Waals surface area contributed by atoms with Gasteiger partial charge < -0.3 is 14.6 Å². The fourth-order valence-electron chi connectivity index (χ4n) is 6.28. The molecule has 0 aliphatic heterocycles. The summed E-state index contributed by atoms with van der Waals surface area (Å²) in [6.07, 6.45) is 3.75. The van der Waals surface area contributed by atoms with Crippen molar-refractivity contribution in [2.75, 3.05) is 7.11 Å². The fraction of sp³-hybridized carbons (Fsp3) is 0.792. The molecule has 0 aromatic rings. The van der Waals surface area contributed by atoms with Gasteiger partial charge in [-0.1, -0.05) is 26.3 Å². The highest BCUT2D eigenvalue weighted by Crippen LogP contribution is 2.68. The number of hydrogen-bond acceptors (Lipinski definition) is 6. The minimum absolute atomic E-state index is 0.00330. The molecule has 0 bridgehead atoms. The number of Topliss-reactive ketones (excluding diaryl/α,β-unsaturated/α-hetero) is 1. The first-order chi connectivity index (χ1) is 13.7. The number of carbonyl (C=O) groups is 3. The fourth-order valence-corrected chi connectivity index (χ4v) is 6.28. The van der Waals surface area contributed by atoms with Crippen LogP contribution in [0.25, 0.3) is 0 Å². The van der Waals surface area contributed by atoms with Crippen molar-refractivity contribution in [2.45, 2.75) is 85.9 Å². The molecule has 0 amide bonds. The first-order valence-corrected chi connectivity index (χ1v) is 10.9. The van der Waals surface area contributed by atoms with Gasteiger partial charge in [0.15, 0.2) is 0 Å². The molecule has 2 fully saturated rings. The highest BCUT2D eigenvalue weighted by molar-refractivity contribution is 5.82. The van der Waals surface area contributed by atoms with E-state index in [1.54, 1.807) is 13.8 Å². The van der Waals surface area contributed by atoms with Gasteiger partial charge >= 0.3 is 11.9 Å². The lowest BCUT2D eigenvalue weighted by Crippen LogP contribution is -2.59.